The van der Waals surface area contributed by atoms with Crippen molar-refractivity contribution in [1.82, 2.24) is 15.8 Å². The van der Waals surface area contributed by atoms with E-state index in [1.165, 1.54) is 4.88 Å². The Bertz CT molecular complexity index is 606. The van der Waals surface area contributed by atoms with Gasteiger partial charge in [-0.2, -0.15) is 0 Å². The molecule has 0 aliphatic heterocycles. The fraction of sp³-hybridized carbons (Fsp3) is 0.429. The molecule has 0 saturated heterocycles. The first-order valence-corrected chi connectivity index (χ1v) is 8.33. The van der Waals surface area contributed by atoms with Crippen LogP contribution in [0.1, 0.15) is 36.1 Å². The Morgan fingerprint density at radius 3 is 2.71 bits per heavy atom. The van der Waals surface area contributed by atoms with Crippen LogP contribution in [0, 0.1) is 0 Å². The highest BCUT2D eigenvalue weighted by Gasteiger charge is 2.08. The van der Waals surface area contributed by atoms with E-state index in [0.717, 1.165) is 27.7 Å². The fourth-order valence-corrected chi connectivity index (χ4v) is 3.12. The summed E-state index contributed by atoms with van der Waals surface area (Å²) in [5.41, 5.74) is 0.971. The zero-order valence-electron chi connectivity index (χ0n) is 12.3. The molecule has 0 aromatic carbocycles. The molecule has 7 heteroatoms. The monoisotopic (exact) mass is 370 g/mol. The molecule has 114 valence electrons. The molecule has 0 aliphatic rings. The van der Waals surface area contributed by atoms with Crippen molar-refractivity contribution in [3.8, 4) is 0 Å². The maximum atomic E-state index is 5.29. The van der Waals surface area contributed by atoms with Gasteiger partial charge in [-0.05, 0) is 34.0 Å². The molecule has 2 N–H and O–H groups in total. The Morgan fingerprint density at radius 2 is 2.14 bits per heavy atom. The van der Waals surface area contributed by atoms with Crippen molar-refractivity contribution in [3.05, 3.63) is 38.3 Å². The molecule has 0 spiro atoms. The summed E-state index contributed by atoms with van der Waals surface area (Å²) in [6, 6.07) is 6.10. The Hall–Kier alpha value is -1.34. The van der Waals surface area contributed by atoms with Crippen LogP contribution in [-0.2, 0) is 13.1 Å². The SMILES string of the molecule is CN=C(NCc1cc(C(C)C)no1)NCc1ccc(Br)s1. The maximum absolute atomic E-state index is 5.29. The second kappa shape index (κ2) is 7.61. The number of rotatable bonds is 5. The molecule has 0 unspecified atom stereocenters. The lowest BCUT2D eigenvalue weighted by molar-refractivity contribution is 0.372. The van der Waals surface area contributed by atoms with Gasteiger partial charge >= 0.3 is 0 Å². The highest BCUT2D eigenvalue weighted by Crippen LogP contribution is 2.21. The topological polar surface area (TPSA) is 62.5 Å². The van der Waals surface area contributed by atoms with Crippen LogP contribution in [0.4, 0.5) is 0 Å². The van der Waals surface area contributed by atoms with Gasteiger partial charge in [0.05, 0.1) is 22.6 Å². The van der Waals surface area contributed by atoms with Gasteiger partial charge in [0.15, 0.2) is 11.7 Å². The summed E-state index contributed by atoms with van der Waals surface area (Å²) in [5.74, 6) is 1.92. The van der Waals surface area contributed by atoms with Crippen LogP contribution in [-0.4, -0.2) is 18.2 Å². The minimum absolute atomic E-state index is 0.372. The average Bonchev–Trinajstić information content (AvgIpc) is 3.08. The number of aliphatic imine (C=N–C) groups is 1. The number of halogens is 1. The minimum Gasteiger partial charge on any atom is -0.359 e. The van der Waals surface area contributed by atoms with Crippen LogP contribution >= 0.6 is 27.3 Å². The Balaban J connectivity index is 1.82. The third-order valence-corrected chi connectivity index (χ3v) is 4.50. The van der Waals surface area contributed by atoms with E-state index in [2.05, 4.69) is 56.6 Å². The van der Waals surface area contributed by atoms with Crippen molar-refractivity contribution < 1.29 is 4.52 Å². The van der Waals surface area contributed by atoms with E-state index in [-0.39, 0.29) is 0 Å². The standard InChI is InChI=1S/C14H19BrN4OS/c1-9(2)12-6-10(20-19-12)7-17-14(16-3)18-8-11-4-5-13(15)21-11/h4-6,9H,7-8H2,1-3H3,(H2,16,17,18). The number of guanidine groups is 1. The molecule has 0 saturated carbocycles. The van der Waals surface area contributed by atoms with Crippen molar-refractivity contribution in [2.24, 2.45) is 4.99 Å². The van der Waals surface area contributed by atoms with Gasteiger partial charge in [-0.25, -0.2) is 0 Å². The van der Waals surface area contributed by atoms with Crippen LogP contribution in [0.2, 0.25) is 0 Å². The lowest BCUT2D eigenvalue weighted by atomic mass is 10.1. The highest BCUT2D eigenvalue weighted by molar-refractivity contribution is 9.11. The van der Waals surface area contributed by atoms with E-state index in [0.29, 0.717) is 12.5 Å². The largest absolute Gasteiger partial charge is 0.359 e. The van der Waals surface area contributed by atoms with Gasteiger partial charge in [-0.3, -0.25) is 4.99 Å². The Kier molecular flexibility index (Phi) is 5.81. The molecule has 5 nitrogen and oxygen atoms in total. The summed E-state index contributed by atoms with van der Waals surface area (Å²) in [4.78, 5) is 5.43. The quantitative estimate of drug-likeness (QED) is 0.624. The van der Waals surface area contributed by atoms with Crippen LogP contribution in [0.5, 0.6) is 0 Å². The summed E-state index contributed by atoms with van der Waals surface area (Å²) in [6.45, 7) is 5.49. The van der Waals surface area contributed by atoms with E-state index >= 15 is 0 Å². The van der Waals surface area contributed by atoms with Crippen molar-refractivity contribution in [2.45, 2.75) is 32.9 Å². The van der Waals surface area contributed by atoms with Gasteiger partial charge in [-0.15, -0.1) is 11.3 Å². The first-order chi connectivity index (χ1) is 10.1. The molecule has 2 aromatic heterocycles. The lowest BCUT2D eigenvalue weighted by Crippen LogP contribution is -2.36. The first-order valence-electron chi connectivity index (χ1n) is 6.72. The number of nitrogens with one attached hydrogen (secondary N) is 2. The number of aromatic nitrogens is 1. The number of hydrogen-bond donors (Lipinski definition) is 2. The van der Waals surface area contributed by atoms with Crippen molar-refractivity contribution >= 4 is 33.2 Å². The van der Waals surface area contributed by atoms with Crippen LogP contribution in [0.15, 0.2) is 31.5 Å². The van der Waals surface area contributed by atoms with Gasteiger partial charge in [0.25, 0.3) is 0 Å². The van der Waals surface area contributed by atoms with Crippen LogP contribution in [0.25, 0.3) is 0 Å². The summed E-state index contributed by atoms with van der Waals surface area (Å²) in [7, 11) is 1.75. The molecule has 0 bridgehead atoms. The van der Waals surface area contributed by atoms with Gasteiger partial charge in [0, 0.05) is 18.0 Å². The van der Waals surface area contributed by atoms with E-state index in [1.807, 2.05) is 12.1 Å². The highest BCUT2D eigenvalue weighted by atomic mass is 79.9. The zero-order chi connectivity index (χ0) is 15.2. The summed E-state index contributed by atoms with van der Waals surface area (Å²) in [6.07, 6.45) is 0. The minimum atomic E-state index is 0.372. The smallest absolute Gasteiger partial charge is 0.191 e. The molecule has 0 aliphatic carbocycles. The summed E-state index contributed by atoms with van der Waals surface area (Å²) >= 11 is 5.16. The van der Waals surface area contributed by atoms with Crippen LogP contribution < -0.4 is 10.6 Å². The molecule has 0 fully saturated rings. The molecule has 0 amide bonds. The molecule has 0 atom stereocenters. The van der Waals surface area contributed by atoms with Crippen molar-refractivity contribution in [1.29, 1.82) is 0 Å². The molecule has 0 radical (unpaired) electrons. The molecule has 21 heavy (non-hydrogen) atoms. The zero-order valence-corrected chi connectivity index (χ0v) is 14.7. The summed E-state index contributed by atoms with van der Waals surface area (Å²) < 4.78 is 6.42. The number of hydrogen-bond acceptors (Lipinski definition) is 4. The molecule has 2 heterocycles. The van der Waals surface area contributed by atoms with Crippen molar-refractivity contribution in [2.75, 3.05) is 7.05 Å². The fourth-order valence-electron chi connectivity index (χ4n) is 1.69. The number of thiophene rings is 1. The lowest BCUT2D eigenvalue weighted by Gasteiger charge is -2.09. The van der Waals surface area contributed by atoms with Crippen molar-refractivity contribution in [3.63, 3.8) is 0 Å². The van der Waals surface area contributed by atoms with E-state index < -0.39 is 0 Å². The number of nitrogens with zero attached hydrogens (tertiary/aromatic N) is 2. The van der Waals surface area contributed by atoms with E-state index in [9.17, 15) is 0 Å². The first kappa shape index (κ1) is 16.0. The third kappa shape index (κ3) is 4.86. The Morgan fingerprint density at radius 1 is 1.38 bits per heavy atom. The third-order valence-electron chi connectivity index (χ3n) is 2.88. The Labute approximate surface area is 137 Å². The maximum Gasteiger partial charge on any atom is 0.191 e. The average molecular weight is 371 g/mol. The van der Waals surface area contributed by atoms with Gasteiger partial charge in [0.1, 0.15) is 0 Å². The van der Waals surface area contributed by atoms with Gasteiger partial charge in [0.2, 0.25) is 0 Å². The second-order valence-electron chi connectivity index (χ2n) is 4.86. The predicted molar refractivity (Wildman–Crippen MR) is 89.6 cm³/mol. The normalized spacial score (nSPS) is 12.0. The van der Waals surface area contributed by atoms with Gasteiger partial charge in [-0.1, -0.05) is 19.0 Å². The predicted octanol–water partition coefficient (Wildman–Crippen LogP) is 3.49. The van der Waals surface area contributed by atoms with E-state index in [1.54, 1.807) is 18.4 Å². The molecule has 2 rings (SSSR count). The van der Waals surface area contributed by atoms with Gasteiger partial charge < -0.3 is 15.2 Å². The van der Waals surface area contributed by atoms with E-state index in [4.69, 9.17) is 4.52 Å². The summed E-state index contributed by atoms with van der Waals surface area (Å²) in [5, 5.41) is 10.5. The molecular formula is C14H19BrN4OS. The second-order valence-corrected chi connectivity index (χ2v) is 7.41. The molecular weight excluding hydrogens is 352 g/mol. The van der Waals surface area contributed by atoms with Crippen LogP contribution in [0.3, 0.4) is 0 Å². The molecule has 2 aromatic rings.